The lowest BCUT2D eigenvalue weighted by Crippen LogP contribution is -2.04. The van der Waals surface area contributed by atoms with Crippen molar-refractivity contribution in [3.8, 4) is 11.5 Å². The van der Waals surface area contributed by atoms with E-state index < -0.39 is 11.9 Å². The molecule has 0 amide bonds. The lowest BCUT2D eigenvalue weighted by Gasteiger charge is -2.17. The molecule has 3 nitrogen and oxygen atoms in total. The highest BCUT2D eigenvalue weighted by atomic mass is 35.5. The summed E-state index contributed by atoms with van der Waals surface area (Å²) in [6.45, 7) is 0. The van der Waals surface area contributed by atoms with Crippen LogP contribution in [0.1, 0.15) is 17.2 Å². The van der Waals surface area contributed by atoms with E-state index in [0.29, 0.717) is 17.1 Å². The molecule has 1 atom stereocenters. The summed E-state index contributed by atoms with van der Waals surface area (Å²) in [7, 11) is 2.95. The Balaban J connectivity index is 2.53. The number of rotatable bonds is 4. The van der Waals surface area contributed by atoms with E-state index in [1.54, 1.807) is 0 Å². The Hall–Kier alpha value is -1.49. The van der Waals surface area contributed by atoms with Gasteiger partial charge in [-0.1, -0.05) is 35.3 Å². The zero-order valence-corrected chi connectivity index (χ0v) is 12.9. The summed E-state index contributed by atoms with van der Waals surface area (Å²) in [6, 6.07) is 7.27. The summed E-state index contributed by atoms with van der Waals surface area (Å²) in [5.41, 5.74) is 0.576. The van der Waals surface area contributed by atoms with E-state index in [1.807, 2.05) is 0 Å². The quantitative estimate of drug-likeness (QED) is 0.911. The maximum absolute atomic E-state index is 13.5. The average Bonchev–Trinajstić information content (AvgIpc) is 2.49. The van der Waals surface area contributed by atoms with Crippen LogP contribution in [0.2, 0.25) is 10.0 Å². The number of aliphatic hydroxyl groups excluding tert-OH is 1. The molecule has 1 N–H and O–H groups in total. The highest BCUT2D eigenvalue weighted by Crippen LogP contribution is 2.39. The molecule has 21 heavy (non-hydrogen) atoms. The Kier molecular flexibility index (Phi) is 4.93. The van der Waals surface area contributed by atoms with Gasteiger partial charge in [0.2, 0.25) is 0 Å². The van der Waals surface area contributed by atoms with E-state index in [1.165, 1.54) is 44.6 Å². The van der Waals surface area contributed by atoms with Gasteiger partial charge in [-0.15, -0.1) is 0 Å². The van der Waals surface area contributed by atoms with Crippen molar-refractivity contribution in [1.29, 1.82) is 0 Å². The number of hydrogen-bond donors (Lipinski definition) is 1. The van der Waals surface area contributed by atoms with E-state index in [4.69, 9.17) is 32.7 Å². The van der Waals surface area contributed by atoms with E-state index in [-0.39, 0.29) is 15.6 Å². The second kappa shape index (κ2) is 6.52. The lowest BCUT2D eigenvalue weighted by molar-refractivity contribution is 0.219. The molecule has 0 spiro atoms. The largest absolute Gasteiger partial charge is 0.493 e. The third kappa shape index (κ3) is 3.07. The number of methoxy groups -OCH3 is 2. The van der Waals surface area contributed by atoms with Crippen LogP contribution in [0.25, 0.3) is 0 Å². The Morgan fingerprint density at radius 1 is 1.05 bits per heavy atom. The van der Waals surface area contributed by atoms with Gasteiger partial charge in [-0.25, -0.2) is 4.39 Å². The van der Waals surface area contributed by atoms with Crippen LogP contribution in [0.5, 0.6) is 11.5 Å². The summed E-state index contributed by atoms with van der Waals surface area (Å²) in [5.74, 6) is 0.233. The van der Waals surface area contributed by atoms with Crippen molar-refractivity contribution in [1.82, 2.24) is 0 Å². The van der Waals surface area contributed by atoms with Gasteiger partial charge in [-0.3, -0.25) is 0 Å². The molecular weight excluding hydrogens is 318 g/mol. The first-order chi connectivity index (χ1) is 9.99. The van der Waals surface area contributed by atoms with Crippen molar-refractivity contribution in [3.05, 3.63) is 57.3 Å². The molecule has 112 valence electrons. The molecule has 0 fully saturated rings. The SMILES string of the molecule is COc1cc(Cl)c(C(O)c2cccc(F)c2Cl)cc1OC. The number of aliphatic hydroxyl groups is 1. The predicted octanol–water partition coefficient (Wildman–Crippen LogP) is 4.23. The van der Waals surface area contributed by atoms with Gasteiger partial charge in [-0.2, -0.15) is 0 Å². The van der Waals surface area contributed by atoms with Crippen LogP contribution >= 0.6 is 23.2 Å². The van der Waals surface area contributed by atoms with Gasteiger partial charge >= 0.3 is 0 Å². The fourth-order valence-electron chi connectivity index (χ4n) is 1.98. The summed E-state index contributed by atoms with van der Waals surface area (Å²) < 4.78 is 23.8. The predicted molar refractivity (Wildman–Crippen MR) is 80.0 cm³/mol. The molecule has 2 rings (SSSR count). The highest BCUT2D eigenvalue weighted by molar-refractivity contribution is 6.32. The molecule has 0 aromatic heterocycles. The zero-order valence-electron chi connectivity index (χ0n) is 11.4. The molecule has 0 heterocycles. The fourth-order valence-corrected chi connectivity index (χ4v) is 2.46. The van der Waals surface area contributed by atoms with Gasteiger partial charge in [0.25, 0.3) is 0 Å². The molecular formula is C15H13Cl2FO3. The Morgan fingerprint density at radius 2 is 1.67 bits per heavy atom. The Labute approximate surface area is 131 Å². The van der Waals surface area contributed by atoms with Crippen LogP contribution in [0.4, 0.5) is 4.39 Å². The summed E-state index contributed by atoms with van der Waals surface area (Å²) in [4.78, 5) is 0. The first kappa shape index (κ1) is 15.9. The second-order valence-electron chi connectivity index (χ2n) is 4.27. The molecule has 0 saturated heterocycles. The Bertz CT molecular complexity index is 662. The lowest BCUT2D eigenvalue weighted by atomic mass is 10.0. The van der Waals surface area contributed by atoms with E-state index in [9.17, 15) is 9.50 Å². The van der Waals surface area contributed by atoms with Crippen LogP contribution in [-0.2, 0) is 0 Å². The monoisotopic (exact) mass is 330 g/mol. The van der Waals surface area contributed by atoms with Gasteiger partial charge in [0.15, 0.2) is 11.5 Å². The van der Waals surface area contributed by atoms with Crippen molar-refractivity contribution in [3.63, 3.8) is 0 Å². The maximum atomic E-state index is 13.5. The molecule has 1 unspecified atom stereocenters. The van der Waals surface area contributed by atoms with Crippen molar-refractivity contribution >= 4 is 23.2 Å². The van der Waals surface area contributed by atoms with E-state index in [2.05, 4.69) is 0 Å². The molecule has 0 aliphatic carbocycles. The number of halogens is 3. The third-order valence-corrected chi connectivity index (χ3v) is 3.80. The van der Waals surface area contributed by atoms with Crippen LogP contribution in [-0.4, -0.2) is 19.3 Å². The summed E-state index contributed by atoms with van der Waals surface area (Å²) in [6.07, 6.45) is -1.18. The van der Waals surface area contributed by atoms with Crippen molar-refractivity contribution in [2.24, 2.45) is 0 Å². The first-order valence-corrected chi connectivity index (χ1v) is 6.78. The highest BCUT2D eigenvalue weighted by Gasteiger charge is 2.21. The molecule has 0 saturated carbocycles. The minimum absolute atomic E-state index is 0.143. The van der Waals surface area contributed by atoms with Crippen molar-refractivity contribution in [2.45, 2.75) is 6.10 Å². The van der Waals surface area contributed by atoms with Gasteiger partial charge in [0.1, 0.15) is 11.9 Å². The first-order valence-electron chi connectivity index (χ1n) is 6.03. The molecule has 0 aliphatic heterocycles. The van der Waals surface area contributed by atoms with Gasteiger partial charge in [0.05, 0.1) is 24.3 Å². The van der Waals surface area contributed by atoms with Crippen molar-refractivity contribution in [2.75, 3.05) is 14.2 Å². The van der Waals surface area contributed by atoms with Gasteiger partial charge in [0, 0.05) is 17.2 Å². The van der Waals surface area contributed by atoms with Crippen LogP contribution in [0, 0.1) is 5.82 Å². The molecule has 0 aliphatic rings. The molecule has 0 radical (unpaired) electrons. The maximum Gasteiger partial charge on any atom is 0.162 e. The normalized spacial score (nSPS) is 12.1. The number of benzene rings is 2. The minimum atomic E-state index is -1.18. The minimum Gasteiger partial charge on any atom is -0.493 e. The van der Waals surface area contributed by atoms with E-state index >= 15 is 0 Å². The van der Waals surface area contributed by atoms with Crippen LogP contribution in [0.15, 0.2) is 30.3 Å². The van der Waals surface area contributed by atoms with Gasteiger partial charge in [-0.05, 0) is 12.1 Å². The third-order valence-electron chi connectivity index (χ3n) is 3.07. The standard InChI is InChI=1S/C15H13Cl2FO3/c1-20-12-6-9(10(16)7-13(12)21-2)15(19)8-4-3-5-11(18)14(8)17/h3-7,15,19H,1-2H3. The van der Waals surface area contributed by atoms with Crippen molar-refractivity contribution < 1.29 is 19.0 Å². The van der Waals surface area contributed by atoms with Gasteiger partial charge < -0.3 is 14.6 Å². The smallest absolute Gasteiger partial charge is 0.162 e. The average molecular weight is 331 g/mol. The Morgan fingerprint density at radius 3 is 2.29 bits per heavy atom. The molecule has 2 aromatic carbocycles. The number of ether oxygens (including phenoxy) is 2. The van der Waals surface area contributed by atoms with Crippen LogP contribution in [0.3, 0.4) is 0 Å². The fraction of sp³-hybridized carbons (Fsp3) is 0.200. The molecule has 2 aromatic rings. The summed E-state index contributed by atoms with van der Waals surface area (Å²) in [5, 5.41) is 10.6. The van der Waals surface area contributed by atoms with E-state index in [0.717, 1.165) is 0 Å². The zero-order chi connectivity index (χ0) is 15.6. The number of hydrogen-bond acceptors (Lipinski definition) is 3. The summed E-state index contributed by atoms with van der Waals surface area (Å²) >= 11 is 12.0. The molecule has 6 heteroatoms. The second-order valence-corrected chi connectivity index (χ2v) is 5.06. The topological polar surface area (TPSA) is 38.7 Å². The van der Waals surface area contributed by atoms with Crippen LogP contribution < -0.4 is 9.47 Å². The molecule has 0 bridgehead atoms.